The molecule has 0 atom stereocenters. The Kier molecular flexibility index (Phi) is 5.35. The van der Waals surface area contributed by atoms with Gasteiger partial charge in [-0.25, -0.2) is 9.18 Å². The average molecular weight is 381 g/mol. The summed E-state index contributed by atoms with van der Waals surface area (Å²) in [4.78, 5) is 44.6. The standard InChI is InChI=1S/C21H20FN3O3/c1-12(2)17-18(19(26)15-7-13(3)8-16(22)9-15)25(21(28)24-20(17)27)11-14-5-4-6-23-10-14/h4-10,12H,11H2,1-3H3,(H,24,27,28). The first-order valence-corrected chi connectivity index (χ1v) is 8.85. The predicted molar refractivity (Wildman–Crippen MR) is 103 cm³/mol. The lowest BCUT2D eigenvalue weighted by atomic mass is 9.96. The molecule has 0 unspecified atom stereocenters. The number of H-pyrrole nitrogens is 1. The van der Waals surface area contributed by atoms with Gasteiger partial charge in [-0.2, -0.15) is 0 Å². The summed E-state index contributed by atoms with van der Waals surface area (Å²) in [6, 6.07) is 7.43. The highest BCUT2D eigenvalue weighted by molar-refractivity contribution is 6.09. The highest BCUT2D eigenvalue weighted by atomic mass is 19.1. The van der Waals surface area contributed by atoms with E-state index in [-0.39, 0.29) is 29.3 Å². The van der Waals surface area contributed by atoms with E-state index in [2.05, 4.69) is 9.97 Å². The number of nitrogens with one attached hydrogen (secondary N) is 1. The first kappa shape index (κ1) is 19.4. The third-order valence-corrected chi connectivity index (χ3v) is 4.40. The van der Waals surface area contributed by atoms with E-state index in [1.54, 1.807) is 45.3 Å². The Morgan fingerprint density at radius 3 is 2.61 bits per heavy atom. The lowest BCUT2D eigenvalue weighted by molar-refractivity contribution is 0.102. The van der Waals surface area contributed by atoms with E-state index in [0.29, 0.717) is 11.1 Å². The molecule has 0 radical (unpaired) electrons. The molecular weight excluding hydrogens is 361 g/mol. The number of aryl methyl sites for hydroxylation is 1. The van der Waals surface area contributed by atoms with Crippen LogP contribution in [0.25, 0.3) is 0 Å². The molecule has 3 rings (SSSR count). The molecule has 0 aliphatic carbocycles. The molecule has 2 heterocycles. The minimum absolute atomic E-state index is 0.0300. The topological polar surface area (TPSA) is 84.8 Å². The van der Waals surface area contributed by atoms with Crippen molar-refractivity contribution in [2.45, 2.75) is 33.2 Å². The Balaban J connectivity index is 2.28. The van der Waals surface area contributed by atoms with Crippen LogP contribution in [0.3, 0.4) is 0 Å². The van der Waals surface area contributed by atoms with E-state index in [1.807, 2.05) is 0 Å². The molecular formula is C21H20FN3O3. The van der Waals surface area contributed by atoms with Gasteiger partial charge in [0.1, 0.15) is 11.5 Å². The van der Waals surface area contributed by atoms with Crippen molar-refractivity contribution >= 4 is 5.78 Å². The van der Waals surface area contributed by atoms with Crippen LogP contribution in [-0.2, 0) is 6.54 Å². The van der Waals surface area contributed by atoms with E-state index in [0.717, 1.165) is 6.07 Å². The van der Waals surface area contributed by atoms with E-state index in [1.165, 1.54) is 16.7 Å². The first-order valence-electron chi connectivity index (χ1n) is 8.85. The van der Waals surface area contributed by atoms with E-state index >= 15 is 0 Å². The van der Waals surface area contributed by atoms with Crippen LogP contribution in [0.1, 0.15) is 52.5 Å². The number of hydrogen-bond acceptors (Lipinski definition) is 4. The summed E-state index contributed by atoms with van der Waals surface area (Å²) < 4.78 is 15.1. The molecule has 144 valence electrons. The van der Waals surface area contributed by atoms with Crippen molar-refractivity contribution in [3.8, 4) is 0 Å². The number of nitrogens with zero attached hydrogens (tertiary/aromatic N) is 2. The van der Waals surface area contributed by atoms with Crippen molar-refractivity contribution in [3.63, 3.8) is 0 Å². The number of carbonyl (C=O) groups excluding carboxylic acids is 1. The van der Waals surface area contributed by atoms with Gasteiger partial charge >= 0.3 is 5.69 Å². The van der Waals surface area contributed by atoms with E-state index in [9.17, 15) is 18.8 Å². The lowest BCUT2D eigenvalue weighted by Gasteiger charge is -2.17. The Morgan fingerprint density at radius 2 is 2.00 bits per heavy atom. The predicted octanol–water partition coefficient (Wildman–Crippen LogP) is 2.78. The fourth-order valence-corrected chi connectivity index (χ4v) is 3.20. The van der Waals surface area contributed by atoms with Crippen molar-refractivity contribution in [1.29, 1.82) is 0 Å². The fraction of sp³-hybridized carbons (Fsp3) is 0.238. The van der Waals surface area contributed by atoms with Crippen LogP contribution in [0.5, 0.6) is 0 Å². The molecule has 28 heavy (non-hydrogen) atoms. The van der Waals surface area contributed by atoms with Gasteiger partial charge in [0.15, 0.2) is 0 Å². The highest BCUT2D eigenvalue weighted by Gasteiger charge is 2.25. The third kappa shape index (κ3) is 3.83. The van der Waals surface area contributed by atoms with Crippen molar-refractivity contribution in [2.24, 2.45) is 0 Å². The first-order chi connectivity index (χ1) is 13.3. The van der Waals surface area contributed by atoms with Crippen LogP contribution in [0, 0.1) is 12.7 Å². The highest BCUT2D eigenvalue weighted by Crippen LogP contribution is 2.20. The van der Waals surface area contributed by atoms with Crippen LogP contribution in [0.2, 0.25) is 0 Å². The van der Waals surface area contributed by atoms with Gasteiger partial charge in [-0.3, -0.25) is 24.1 Å². The number of halogens is 1. The maximum absolute atomic E-state index is 13.9. The maximum Gasteiger partial charge on any atom is 0.329 e. The van der Waals surface area contributed by atoms with Crippen molar-refractivity contribution < 1.29 is 9.18 Å². The van der Waals surface area contributed by atoms with Crippen molar-refractivity contribution in [1.82, 2.24) is 14.5 Å². The van der Waals surface area contributed by atoms with Gasteiger partial charge in [-0.05, 0) is 48.2 Å². The van der Waals surface area contributed by atoms with Gasteiger partial charge < -0.3 is 0 Å². The van der Waals surface area contributed by atoms with Gasteiger partial charge in [0.25, 0.3) is 5.56 Å². The molecule has 0 fully saturated rings. The maximum atomic E-state index is 13.9. The Hall–Kier alpha value is -3.35. The quantitative estimate of drug-likeness (QED) is 0.689. The average Bonchev–Trinajstić information content (AvgIpc) is 2.62. The smallest absolute Gasteiger partial charge is 0.287 e. The van der Waals surface area contributed by atoms with Crippen LogP contribution >= 0.6 is 0 Å². The number of ketones is 1. The Morgan fingerprint density at radius 1 is 1.25 bits per heavy atom. The van der Waals surface area contributed by atoms with Gasteiger partial charge in [0, 0.05) is 23.5 Å². The molecule has 0 saturated heterocycles. The largest absolute Gasteiger partial charge is 0.329 e. The monoisotopic (exact) mass is 381 g/mol. The molecule has 1 aromatic carbocycles. The molecule has 3 aromatic rings. The summed E-state index contributed by atoms with van der Waals surface area (Å²) in [6.45, 7) is 5.25. The zero-order chi connectivity index (χ0) is 20.4. The van der Waals surface area contributed by atoms with Crippen LogP contribution < -0.4 is 11.2 Å². The van der Waals surface area contributed by atoms with Gasteiger partial charge in [0.2, 0.25) is 5.78 Å². The van der Waals surface area contributed by atoms with Gasteiger partial charge in [-0.15, -0.1) is 0 Å². The van der Waals surface area contributed by atoms with E-state index < -0.39 is 22.8 Å². The van der Waals surface area contributed by atoms with Crippen LogP contribution in [0.4, 0.5) is 4.39 Å². The number of aromatic nitrogens is 3. The summed E-state index contributed by atoms with van der Waals surface area (Å²) in [5.74, 6) is -1.45. The molecule has 7 heteroatoms. The second-order valence-electron chi connectivity index (χ2n) is 6.97. The molecule has 0 amide bonds. The summed E-state index contributed by atoms with van der Waals surface area (Å²) in [6.07, 6.45) is 3.17. The molecule has 0 spiro atoms. The van der Waals surface area contributed by atoms with Crippen molar-refractivity contribution in [3.05, 3.63) is 97.3 Å². The Labute approximate surface area is 160 Å². The van der Waals surface area contributed by atoms with Crippen LogP contribution in [-0.4, -0.2) is 20.3 Å². The molecule has 0 aliphatic rings. The zero-order valence-corrected chi connectivity index (χ0v) is 15.8. The number of hydrogen-bond donors (Lipinski definition) is 1. The normalized spacial score (nSPS) is 11.0. The lowest BCUT2D eigenvalue weighted by Crippen LogP contribution is -2.38. The number of carbonyl (C=O) groups is 1. The van der Waals surface area contributed by atoms with Gasteiger partial charge in [0.05, 0.1) is 6.54 Å². The molecule has 0 saturated carbocycles. The molecule has 0 bridgehead atoms. The summed E-state index contributed by atoms with van der Waals surface area (Å²) in [7, 11) is 0. The fourth-order valence-electron chi connectivity index (χ4n) is 3.20. The number of benzene rings is 1. The minimum Gasteiger partial charge on any atom is -0.287 e. The summed E-state index contributed by atoms with van der Waals surface area (Å²) in [5, 5.41) is 0. The number of rotatable bonds is 5. The SMILES string of the molecule is Cc1cc(F)cc(C(=O)c2c(C(C)C)c(=O)[nH]c(=O)n2Cc2cccnc2)c1. The van der Waals surface area contributed by atoms with E-state index in [4.69, 9.17) is 0 Å². The Bertz CT molecular complexity index is 1130. The van der Waals surface area contributed by atoms with Crippen LogP contribution in [0.15, 0.2) is 52.3 Å². The van der Waals surface area contributed by atoms with Crippen molar-refractivity contribution in [2.75, 3.05) is 0 Å². The number of aromatic amines is 1. The summed E-state index contributed by atoms with van der Waals surface area (Å²) in [5.41, 5.74) is 0.197. The molecule has 0 aliphatic heterocycles. The molecule has 2 aromatic heterocycles. The molecule has 6 nitrogen and oxygen atoms in total. The second-order valence-corrected chi connectivity index (χ2v) is 6.97. The third-order valence-electron chi connectivity index (χ3n) is 4.40. The minimum atomic E-state index is -0.699. The second kappa shape index (κ2) is 7.72. The number of pyridine rings is 1. The zero-order valence-electron chi connectivity index (χ0n) is 15.8. The summed E-state index contributed by atoms with van der Waals surface area (Å²) >= 11 is 0. The molecule has 1 N–H and O–H groups in total. The van der Waals surface area contributed by atoms with Gasteiger partial charge in [-0.1, -0.05) is 19.9 Å².